The molecule has 0 aliphatic carbocycles. The molecule has 3 aromatic carbocycles. The lowest BCUT2D eigenvalue weighted by molar-refractivity contribution is -0.119. The number of nitrogens with one attached hydrogen (secondary N) is 2. The van der Waals surface area contributed by atoms with Gasteiger partial charge in [0, 0.05) is 16.7 Å². The van der Waals surface area contributed by atoms with Crippen molar-refractivity contribution in [1.82, 2.24) is 4.90 Å². The number of carbonyl (C=O) groups excluding carboxylic acids is 2. The average molecular weight is 542 g/mol. The fourth-order valence-corrected chi connectivity index (χ4v) is 5.22. The van der Waals surface area contributed by atoms with E-state index < -0.39 is 22.0 Å². The highest BCUT2D eigenvalue weighted by Crippen LogP contribution is 2.27. The van der Waals surface area contributed by atoms with Gasteiger partial charge in [0.05, 0.1) is 16.1 Å². The molecule has 3 aromatic rings. The van der Waals surface area contributed by atoms with Crippen LogP contribution in [-0.2, 0) is 14.8 Å². The lowest BCUT2D eigenvalue weighted by atomic mass is 10.1. The van der Waals surface area contributed by atoms with E-state index in [1.54, 1.807) is 48.5 Å². The van der Waals surface area contributed by atoms with E-state index in [0.717, 1.165) is 10.0 Å². The molecule has 0 aromatic heterocycles. The van der Waals surface area contributed by atoms with Crippen molar-refractivity contribution >= 4 is 49.1 Å². The van der Waals surface area contributed by atoms with Crippen LogP contribution < -0.4 is 10.0 Å². The summed E-state index contributed by atoms with van der Waals surface area (Å²) in [5, 5.41) is 2.86. The van der Waals surface area contributed by atoms with Crippen LogP contribution in [0.4, 0.5) is 11.4 Å². The zero-order chi connectivity index (χ0) is 24.3. The number of anilines is 2. The maximum atomic E-state index is 13.5. The van der Waals surface area contributed by atoms with E-state index in [-0.39, 0.29) is 22.1 Å². The minimum absolute atomic E-state index is 0.105. The Morgan fingerprint density at radius 1 is 0.971 bits per heavy atom. The number of hydrogen-bond donors (Lipinski definition) is 2. The van der Waals surface area contributed by atoms with Gasteiger partial charge in [-0.15, -0.1) is 0 Å². The summed E-state index contributed by atoms with van der Waals surface area (Å²) >= 11 is 3.36. The van der Waals surface area contributed by atoms with E-state index in [1.807, 2.05) is 19.1 Å². The first-order valence-corrected chi connectivity index (χ1v) is 13.1. The highest BCUT2D eigenvalue weighted by atomic mass is 79.9. The summed E-state index contributed by atoms with van der Waals surface area (Å²) in [4.78, 5) is 28.0. The molecule has 2 N–H and O–H groups in total. The van der Waals surface area contributed by atoms with Crippen LogP contribution in [0.3, 0.4) is 0 Å². The molecule has 1 atom stereocenters. The standard InChI is InChI=1S/C25H24BrN3O4S/c1-17-8-14-20(15-9-17)34(32,33)28-22-6-3-2-5-21(22)25(31)29-16-4-7-23(29)24(30)27-19-12-10-18(26)11-13-19/h2-3,5-6,8-15,23,28H,4,7,16H2,1H3,(H,27,30)/t23-/m0/s1. The summed E-state index contributed by atoms with van der Waals surface area (Å²) in [6, 6.07) is 19.5. The molecule has 0 bridgehead atoms. The van der Waals surface area contributed by atoms with E-state index in [1.165, 1.54) is 17.0 Å². The Balaban J connectivity index is 1.55. The SMILES string of the molecule is Cc1ccc(S(=O)(=O)Nc2ccccc2C(=O)N2CCC[C@H]2C(=O)Nc2ccc(Br)cc2)cc1. The zero-order valence-electron chi connectivity index (χ0n) is 18.5. The van der Waals surface area contributed by atoms with E-state index >= 15 is 0 Å². The van der Waals surface area contributed by atoms with Crippen LogP contribution >= 0.6 is 15.9 Å². The molecule has 1 heterocycles. The Morgan fingerprint density at radius 3 is 2.35 bits per heavy atom. The lowest BCUT2D eigenvalue weighted by Gasteiger charge is -2.25. The number of para-hydroxylation sites is 1. The van der Waals surface area contributed by atoms with E-state index in [9.17, 15) is 18.0 Å². The highest BCUT2D eigenvalue weighted by molar-refractivity contribution is 9.10. The molecule has 1 saturated heterocycles. The van der Waals surface area contributed by atoms with Crippen LogP contribution in [0.15, 0.2) is 82.2 Å². The molecule has 176 valence electrons. The summed E-state index contributed by atoms with van der Waals surface area (Å²) in [5.41, 5.74) is 1.95. The van der Waals surface area contributed by atoms with Crippen LogP contribution in [0, 0.1) is 6.92 Å². The molecule has 4 rings (SSSR count). The van der Waals surface area contributed by atoms with Crippen molar-refractivity contribution in [2.24, 2.45) is 0 Å². The minimum Gasteiger partial charge on any atom is -0.327 e. The molecule has 34 heavy (non-hydrogen) atoms. The van der Waals surface area contributed by atoms with Crippen LogP contribution in [-0.4, -0.2) is 37.7 Å². The number of hydrogen-bond acceptors (Lipinski definition) is 4. The van der Waals surface area contributed by atoms with Gasteiger partial charge in [-0.2, -0.15) is 0 Å². The fourth-order valence-electron chi connectivity index (χ4n) is 3.88. The molecule has 0 unspecified atom stereocenters. The van der Waals surface area contributed by atoms with Gasteiger partial charge in [0.1, 0.15) is 6.04 Å². The fraction of sp³-hybridized carbons (Fsp3) is 0.200. The summed E-state index contributed by atoms with van der Waals surface area (Å²) < 4.78 is 29.2. The summed E-state index contributed by atoms with van der Waals surface area (Å²) in [5.74, 6) is -0.665. The maximum Gasteiger partial charge on any atom is 0.261 e. The number of amides is 2. The number of rotatable bonds is 6. The van der Waals surface area contributed by atoms with Gasteiger partial charge in [0.15, 0.2) is 0 Å². The second-order valence-corrected chi connectivity index (χ2v) is 10.7. The van der Waals surface area contributed by atoms with Gasteiger partial charge in [-0.25, -0.2) is 8.42 Å². The second-order valence-electron chi connectivity index (χ2n) is 8.12. The van der Waals surface area contributed by atoms with Gasteiger partial charge < -0.3 is 10.2 Å². The van der Waals surface area contributed by atoms with Crippen molar-refractivity contribution in [3.63, 3.8) is 0 Å². The van der Waals surface area contributed by atoms with Crippen molar-refractivity contribution in [3.05, 3.63) is 88.4 Å². The van der Waals surface area contributed by atoms with Gasteiger partial charge >= 0.3 is 0 Å². The number of halogens is 1. The number of likely N-dealkylation sites (tertiary alicyclic amines) is 1. The van der Waals surface area contributed by atoms with Gasteiger partial charge in [0.2, 0.25) is 5.91 Å². The van der Waals surface area contributed by atoms with Crippen molar-refractivity contribution in [3.8, 4) is 0 Å². The maximum absolute atomic E-state index is 13.5. The van der Waals surface area contributed by atoms with E-state index in [0.29, 0.717) is 25.1 Å². The normalized spacial score (nSPS) is 15.7. The predicted octanol–water partition coefficient (Wildman–Crippen LogP) is 4.80. The number of sulfonamides is 1. The molecule has 7 nitrogen and oxygen atoms in total. The zero-order valence-corrected chi connectivity index (χ0v) is 20.9. The third kappa shape index (κ3) is 5.31. The van der Waals surface area contributed by atoms with Crippen LogP contribution in [0.25, 0.3) is 0 Å². The number of carbonyl (C=O) groups is 2. The van der Waals surface area contributed by atoms with Crippen molar-refractivity contribution in [1.29, 1.82) is 0 Å². The average Bonchev–Trinajstić information content (AvgIpc) is 3.31. The highest BCUT2D eigenvalue weighted by Gasteiger charge is 2.35. The van der Waals surface area contributed by atoms with E-state index in [4.69, 9.17) is 0 Å². The topological polar surface area (TPSA) is 95.6 Å². The molecular weight excluding hydrogens is 518 g/mol. The van der Waals surface area contributed by atoms with Crippen LogP contribution in [0.2, 0.25) is 0 Å². The van der Waals surface area contributed by atoms with E-state index in [2.05, 4.69) is 26.0 Å². The first-order chi connectivity index (χ1) is 16.2. The second kappa shape index (κ2) is 9.99. The Hall–Kier alpha value is -3.17. The Labute approximate surface area is 207 Å². The van der Waals surface area contributed by atoms with Gasteiger partial charge in [-0.05, 0) is 68.3 Å². The Morgan fingerprint density at radius 2 is 1.65 bits per heavy atom. The minimum atomic E-state index is -3.89. The van der Waals surface area contributed by atoms with Crippen LogP contribution in [0.1, 0.15) is 28.8 Å². The Kier molecular flexibility index (Phi) is 7.04. The third-order valence-electron chi connectivity index (χ3n) is 5.66. The number of benzene rings is 3. The quantitative estimate of drug-likeness (QED) is 0.468. The molecule has 1 aliphatic heterocycles. The monoisotopic (exact) mass is 541 g/mol. The number of nitrogens with zero attached hydrogens (tertiary/aromatic N) is 1. The van der Waals surface area contributed by atoms with Gasteiger partial charge in [-0.1, -0.05) is 45.8 Å². The van der Waals surface area contributed by atoms with Crippen molar-refractivity contribution in [2.75, 3.05) is 16.6 Å². The largest absolute Gasteiger partial charge is 0.327 e. The Bertz CT molecular complexity index is 1310. The van der Waals surface area contributed by atoms with Crippen molar-refractivity contribution in [2.45, 2.75) is 30.7 Å². The molecule has 2 amide bonds. The van der Waals surface area contributed by atoms with Crippen molar-refractivity contribution < 1.29 is 18.0 Å². The molecular formula is C25H24BrN3O4S. The lowest BCUT2D eigenvalue weighted by Crippen LogP contribution is -2.43. The molecule has 9 heteroatoms. The molecule has 1 fully saturated rings. The van der Waals surface area contributed by atoms with Gasteiger partial charge in [-0.3, -0.25) is 14.3 Å². The summed E-state index contributed by atoms with van der Waals surface area (Å²) in [6.07, 6.45) is 1.22. The first-order valence-electron chi connectivity index (χ1n) is 10.8. The first kappa shape index (κ1) is 24.0. The summed E-state index contributed by atoms with van der Waals surface area (Å²) in [7, 11) is -3.89. The number of aryl methyl sites for hydroxylation is 1. The van der Waals surface area contributed by atoms with Crippen LogP contribution in [0.5, 0.6) is 0 Å². The molecule has 0 spiro atoms. The predicted molar refractivity (Wildman–Crippen MR) is 135 cm³/mol. The summed E-state index contributed by atoms with van der Waals surface area (Å²) in [6.45, 7) is 2.29. The third-order valence-corrected chi connectivity index (χ3v) is 7.57. The molecule has 0 radical (unpaired) electrons. The molecule has 1 aliphatic rings. The molecule has 0 saturated carbocycles. The van der Waals surface area contributed by atoms with Gasteiger partial charge in [0.25, 0.3) is 15.9 Å². The smallest absolute Gasteiger partial charge is 0.261 e.